The lowest BCUT2D eigenvalue weighted by Crippen LogP contribution is -2.28. The highest BCUT2D eigenvalue weighted by atomic mass is 79.9. The van der Waals surface area contributed by atoms with Crippen LogP contribution in [-0.2, 0) is 0 Å². The zero-order valence-corrected chi connectivity index (χ0v) is 12.7. The second-order valence-corrected chi connectivity index (χ2v) is 6.26. The Balaban J connectivity index is 2.68. The van der Waals surface area contributed by atoms with Crippen molar-refractivity contribution < 1.29 is 10.2 Å². The van der Waals surface area contributed by atoms with Crippen LogP contribution in [0.5, 0.6) is 0 Å². The van der Waals surface area contributed by atoms with Crippen LogP contribution in [0.4, 0.5) is 0 Å². The molecule has 1 aliphatic rings. The van der Waals surface area contributed by atoms with Gasteiger partial charge in [-0.15, -0.1) is 0 Å². The summed E-state index contributed by atoms with van der Waals surface area (Å²) in [5.74, 6) is -1.70. The highest BCUT2D eigenvalue weighted by Crippen LogP contribution is 2.34. The standard InChI is InChI=1S/C12H20Br2O2/c13-10-8-6-4-2-1-3-5-7-9-12(15,16)11(10)14/h15-16H,1-9H2/b11-10-. The smallest absolute Gasteiger partial charge is 0.197 e. The van der Waals surface area contributed by atoms with Crippen molar-refractivity contribution in [2.24, 2.45) is 0 Å². The minimum absolute atomic E-state index is 0.405. The van der Waals surface area contributed by atoms with Crippen molar-refractivity contribution >= 4 is 31.9 Å². The second kappa shape index (κ2) is 7.14. The number of allylic oxidation sites excluding steroid dienone is 1. The Kier molecular flexibility index (Phi) is 6.55. The fourth-order valence-corrected chi connectivity index (χ4v) is 2.97. The van der Waals surface area contributed by atoms with Crippen molar-refractivity contribution in [2.45, 2.75) is 63.6 Å². The quantitative estimate of drug-likeness (QED) is 0.639. The van der Waals surface area contributed by atoms with E-state index in [1.54, 1.807) is 0 Å². The molecule has 2 N–H and O–H groups in total. The maximum absolute atomic E-state index is 9.92. The number of hydrogen-bond acceptors (Lipinski definition) is 2. The number of rotatable bonds is 0. The van der Waals surface area contributed by atoms with Crippen LogP contribution in [0.25, 0.3) is 0 Å². The van der Waals surface area contributed by atoms with E-state index in [-0.39, 0.29) is 0 Å². The fourth-order valence-electron chi connectivity index (χ4n) is 1.97. The van der Waals surface area contributed by atoms with Gasteiger partial charge in [0.15, 0.2) is 5.79 Å². The van der Waals surface area contributed by atoms with Gasteiger partial charge >= 0.3 is 0 Å². The fraction of sp³-hybridized carbons (Fsp3) is 0.833. The van der Waals surface area contributed by atoms with Crippen molar-refractivity contribution in [3.63, 3.8) is 0 Å². The van der Waals surface area contributed by atoms with E-state index < -0.39 is 5.79 Å². The molecular weight excluding hydrogens is 336 g/mol. The number of aliphatic hydroxyl groups is 2. The minimum Gasteiger partial charge on any atom is -0.361 e. The topological polar surface area (TPSA) is 40.5 Å². The zero-order chi connectivity index (χ0) is 12.0. The molecule has 0 radical (unpaired) electrons. The number of hydrogen-bond donors (Lipinski definition) is 2. The average molecular weight is 356 g/mol. The molecule has 94 valence electrons. The van der Waals surface area contributed by atoms with Crippen molar-refractivity contribution in [3.05, 3.63) is 8.96 Å². The van der Waals surface area contributed by atoms with Gasteiger partial charge in [0.25, 0.3) is 0 Å². The van der Waals surface area contributed by atoms with E-state index in [9.17, 15) is 10.2 Å². The molecule has 0 fully saturated rings. The van der Waals surface area contributed by atoms with Crippen molar-refractivity contribution in [1.29, 1.82) is 0 Å². The zero-order valence-electron chi connectivity index (χ0n) is 9.51. The highest BCUT2D eigenvalue weighted by Gasteiger charge is 2.28. The summed E-state index contributed by atoms with van der Waals surface area (Å²) in [7, 11) is 0. The molecule has 0 aliphatic heterocycles. The molecule has 0 aromatic rings. The Bertz CT molecular complexity index is 249. The summed E-state index contributed by atoms with van der Waals surface area (Å²) in [6.07, 6.45) is 9.33. The third-order valence-electron chi connectivity index (χ3n) is 3.01. The largest absolute Gasteiger partial charge is 0.361 e. The maximum atomic E-state index is 9.92. The molecule has 0 saturated heterocycles. The van der Waals surface area contributed by atoms with Crippen LogP contribution in [0.1, 0.15) is 57.8 Å². The Morgan fingerprint density at radius 2 is 1.31 bits per heavy atom. The minimum atomic E-state index is -1.70. The normalized spacial score (nSPS) is 29.2. The van der Waals surface area contributed by atoms with Crippen molar-refractivity contribution in [1.82, 2.24) is 0 Å². The molecule has 0 aromatic carbocycles. The van der Waals surface area contributed by atoms with Crippen molar-refractivity contribution in [2.75, 3.05) is 0 Å². The van der Waals surface area contributed by atoms with E-state index in [2.05, 4.69) is 31.9 Å². The van der Waals surface area contributed by atoms with Gasteiger partial charge in [0.2, 0.25) is 0 Å². The van der Waals surface area contributed by atoms with Gasteiger partial charge in [-0.25, -0.2) is 0 Å². The van der Waals surface area contributed by atoms with Crippen LogP contribution in [0.2, 0.25) is 0 Å². The third-order valence-corrected chi connectivity index (χ3v) is 5.45. The lowest BCUT2D eigenvalue weighted by Gasteiger charge is -2.23. The Morgan fingerprint density at radius 3 is 1.94 bits per heavy atom. The monoisotopic (exact) mass is 354 g/mol. The van der Waals surface area contributed by atoms with E-state index in [0.29, 0.717) is 10.9 Å². The predicted molar refractivity (Wildman–Crippen MR) is 73.6 cm³/mol. The molecule has 0 spiro atoms. The van der Waals surface area contributed by atoms with Crippen LogP contribution in [0, 0.1) is 0 Å². The van der Waals surface area contributed by atoms with Gasteiger partial charge in [0.1, 0.15) is 0 Å². The van der Waals surface area contributed by atoms with Gasteiger partial charge in [-0.3, -0.25) is 0 Å². The maximum Gasteiger partial charge on any atom is 0.197 e. The molecule has 4 heteroatoms. The van der Waals surface area contributed by atoms with Crippen LogP contribution in [-0.4, -0.2) is 16.0 Å². The summed E-state index contributed by atoms with van der Waals surface area (Å²) in [4.78, 5) is 0. The molecule has 2 nitrogen and oxygen atoms in total. The molecule has 0 bridgehead atoms. The summed E-state index contributed by atoms with van der Waals surface area (Å²) < 4.78 is 1.39. The molecular formula is C12H20Br2O2. The molecule has 0 unspecified atom stereocenters. The summed E-state index contributed by atoms with van der Waals surface area (Å²) in [5, 5.41) is 19.8. The Labute approximate surface area is 114 Å². The van der Waals surface area contributed by atoms with Gasteiger partial charge in [-0.2, -0.15) is 0 Å². The van der Waals surface area contributed by atoms with Crippen molar-refractivity contribution in [3.8, 4) is 0 Å². The average Bonchev–Trinajstić information content (AvgIpc) is 2.24. The van der Waals surface area contributed by atoms with E-state index >= 15 is 0 Å². The van der Waals surface area contributed by atoms with Crippen LogP contribution in [0.15, 0.2) is 8.96 Å². The van der Waals surface area contributed by atoms with Crippen LogP contribution >= 0.6 is 31.9 Å². The molecule has 0 aromatic heterocycles. The molecule has 0 saturated carbocycles. The van der Waals surface area contributed by atoms with Gasteiger partial charge < -0.3 is 10.2 Å². The first-order valence-electron chi connectivity index (χ1n) is 6.03. The van der Waals surface area contributed by atoms with Gasteiger partial charge in [-0.05, 0) is 35.2 Å². The van der Waals surface area contributed by atoms with Gasteiger partial charge in [0, 0.05) is 10.9 Å². The van der Waals surface area contributed by atoms with E-state index in [1.165, 1.54) is 25.7 Å². The summed E-state index contributed by atoms with van der Waals surface area (Å²) >= 11 is 6.73. The van der Waals surface area contributed by atoms with Crippen LogP contribution < -0.4 is 0 Å². The molecule has 0 atom stereocenters. The molecule has 1 rings (SSSR count). The van der Waals surface area contributed by atoms with Crippen LogP contribution in [0.3, 0.4) is 0 Å². The third kappa shape index (κ3) is 4.86. The molecule has 16 heavy (non-hydrogen) atoms. The Morgan fingerprint density at radius 1 is 0.812 bits per heavy atom. The van der Waals surface area contributed by atoms with Gasteiger partial charge in [0.05, 0.1) is 4.48 Å². The summed E-state index contributed by atoms with van der Waals surface area (Å²) in [6, 6.07) is 0. The Hall–Kier alpha value is 0.620. The predicted octanol–water partition coefficient (Wildman–Crippen LogP) is 4.19. The first kappa shape index (κ1) is 14.7. The lowest BCUT2D eigenvalue weighted by atomic mass is 10.0. The highest BCUT2D eigenvalue weighted by molar-refractivity contribution is 9.14. The SMILES string of the molecule is OC1(O)CCCCCCCCC/C(Br)=C\1Br. The lowest BCUT2D eigenvalue weighted by molar-refractivity contribution is -0.127. The van der Waals surface area contributed by atoms with E-state index in [1.807, 2.05) is 0 Å². The first-order valence-corrected chi connectivity index (χ1v) is 7.62. The van der Waals surface area contributed by atoms with E-state index in [0.717, 1.165) is 30.2 Å². The van der Waals surface area contributed by atoms with Gasteiger partial charge in [-0.1, -0.05) is 48.0 Å². The summed E-state index contributed by atoms with van der Waals surface area (Å²) in [5.41, 5.74) is 0. The second-order valence-electron chi connectivity index (χ2n) is 4.51. The molecule has 1 aliphatic carbocycles. The summed E-state index contributed by atoms with van der Waals surface area (Å²) in [6.45, 7) is 0. The first-order chi connectivity index (χ1) is 7.54. The molecule has 0 heterocycles. The van der Waals surface area contributed by atoms with E-state index in [4.69, 9.17) is 0 Å². The molecule has 0 amide bonds. The number of halogens is 2.